The van der Waals surface area contributed by atoms with Gasteiger partial charge in [-0.1, -0.05) is 26.8 Å². The Morgan fingerprint density at radius 3 is 2.71 bits per heavy atom. The molecule has 2 unspecified atom stereocenters. The Bertz CT molecular complexity index is 506. The van der Waals surface area contributed by atoms with Crippen molar-refractivity contribution in [3.63, 3.8) is 0 Å². The van der Waals surface area contributed by atoms with Gasteiger partial charge in [0.1, 0.15) is 5.75 Å². The van der Waals surface area contributed by atoms with E-state index in [-0.39, 0.29) is 5.41 Å². The highest BCUT2D eigenvalue weighted by Gasteiger charge is 2.37. The molecule has 0 radical (unpaired) electrons. The van der Waals surface area contributed by atoms with Crippen molar-refractivity contribution in [3.05, 3.63) is 23.8 Å². The molecular weight excluding hydrogens is 260 g/mol. The molecule has 1 aromatic rings. The van der Waals surface area contributed by atoms with Gasteiger partial charge in [-0.2, -0.15) is 0 Å². The van der Waals surface area contributed by atoms with Crippen LogP contribution in [0, 0.1) is 0 Å². The second-order valence-electron chi connectivity index (χ2n) is 7.45. The summed E-state index contributed by atoms with van der Waals surface area (Å²) in [5.74, 6) is 0.958. The molecule has 1 N–H and O–H groups in total. The number of anilines is 1. The Labute approximate surface area is 128 Å². The van der Waals surface area contributed by atoms with Crippen molar-refractivity contribution in [2.45, 2.75) is 57.5 Å². The van der Waals surface area contributed by atoms with Gasteiger partial charge in [0.25, 0.3) is 0 Å². The number of nitrogens with one attached hydrogen (secondary N) is 1. The number of nitrogens with zero attached hydrogens (tertiary/aromatic N) is 1. The fraction of sp³-hybridized carbons (Fsp3) is 0.667. The topological polar surface area (TPSA) is 24.5 Å². The van der Waals surface area contributed by atoms with E-state index in [9.17, 15) is 0 Å². The molecular formula is C18H28N2O. The summed E-state index contributed by atoms with van der Waals surface area (Å²) in [6.45, 7) is 9.29. The van der Waals surface area contributed by atoms with Gasteiger partial charge >= 0.3 is 0 Å². The van der Waals surface area contributed by atoms with Gasteiger partial charge in [0.2, 0.25) is 0 Å². The van der Waals surface area contributed by atoms with Crippen molar-refractivity contribution in [3.8, 4) is 5.75 Å². The van der Waals surface area contributed by atoms with Crippen molar-refractivity contribution >= 4 is 5.69 Å². The van der Waals surface area contributed by atoms with E-state index in [4.69, 9.17) is 4.74 Å². The molecule has 0 amide bonds. The van der Waals surface area contributed by atoms with Crippen LogP contribution < -0.4 is 10.1 Å². The molecule has 3 heteroatoms. The normalized spacial score (nSPS) is 25.9. The smallest absolute Gasteiger partial charge is 0.141 e. The lowest BCUT2D eigenvalue weighted by molar-refractivity contribution is 0.318. The molecule has 0 bridgehead atoms. The van der Waals surface area contributed by atoms with Crippen LogP contribution in [0.5, 0.6) is 5.75 Å². The minimum Gasteiger partial charge on any atom is -0.495 e. The van der Waals surface area contributed by atoms with Gasteiger partial charge in [0.05, 0.1) is 12.8 Å². The van der Waals surface area contributed by atoms with Crippen LogP contribution in [0.2, 0.25) is 0 Å². The number of hydrogen-bond donors (Lipinski definition) is 1. The average molecular weight is 288 g/mol. The van der Waals surface area contributed by atoms with Gasteiger partial charge in [-0.05, 0) is 48.9 Å². The maximum Gasteiger partial charge on any atom is 0.141 e. The van der Waals surface area contributed by atoms with E-state index in [1.54, 1.807) is 7.11 Å². The molecule has 2 fully saturated rings. The van der Waals surface area contributed by atoms with Gasteiger partial charge in [-0.3, -0.25) is 4.90 Å². The molecule has 3 nitrogen and oxygen atoms in total. The zero-order chi connectivity index (χ0) is 15.0. The lowest BCUT2D eigenvalue weighted by Gasteiger charge is -2.25. The number of ether oxygens (including phenoxy) is 1. The summed E-state index contributed by atoms with van der Waals surface area (Å²) in [6.07, 6.45) is 3.93. The minimum absolute atomic E-state index is 0.164. The van der Waals surface area contributed by atoms with Crippen molar-refractivity contribution in [1.82, 2.24) is 4.90 Å². The Kier molecular flexibility index (Phi) is 3.87. The highest BCUT2D eigenvalue weighted by atomic mass is 16.5. The average Bonchev–Trinajstić information content (AvgIpc) is 3.02. The number of hydrogen-bond acceptors (Lipinski definition) is 3. The summed E-state index contributed by atoms with van der Waals surface area (Å²) < 4.78 is 5.56. The van der Waals surface area contributed by atoms with E-state index in [1.807, 2.05) is 0 Å². The third kappa shape index (κ3) is 2.89. The number of fused-ring (bicyclic) bond motifs is 1. The second kappa shape index (κ2) is 5.53. The Balaban J connectivity index is 1.83. The highest BCUT2D eigenvalue weighted by molar-refractivity contribution is 5.60. The standard InChI is InChI=1S/C18H28N2O/c1-18(2,3)13-7-8-17(21-4)15(12-13)19-14-9-11-20-10-5-6-16(14)20/h7-8,12,14,16,19H,5-6,9-11H2,1-4H3. The lowest BCUT2D eigenvalue weighted by Crippen LogP contribution is -2.33. The van der Waals surface area contributed by atoms with Crippen molar-refractivity contribution in [2.24, 2.45) is 0 Å². The van der Waals surface area contributed by atoms with E-state index >= 15 is 0 Å². The molecule has 2 heterocycles. The Hall–Kier alpha value is -1.22. The van der Waals surface area contributed by atoms with Crippen molar-refractivity contribution in [1.29, 1.82) is 0 Å². The first-order valence-corrected chi connectivity index (χ1v) is 8.18. The second-order valence-corrected chi connectivity index (χ2v) is 7.45. The van der Waals surface area contributed by atoms with Gasteiger partial charge < -0.3 is 10.1 Å². The minimum atomic E-state index is 0.164. The largest absolute Gasteiger partial charge is 0.495 e. The maximum absolute atomic E-state index is 5.56. The van der Waals surface area contributed by atoms with Crippen molar-refractivity contribution in [2.75, 3.05) is 25.5 Å². The third-order valence-corrected chi connectivity index (χ3v) is 5.01. The van der Waals surface area contributed by atoms with Crippen molar-refractivity contribution < 1.29 is 4.74 Å². The number of rotatable bonds is 3. The van der Waals surface area contributed by atoms with E-state index < -0.39 is 0 Å². The first kappa shape index (κ1) is 14.7. The van der Waals surface area contributed by atoms with E-state index in [0.29, 0.717) is 12.1 Å². The Morgan fingerprint density at radius 2 is 2.00 bits per heavy atom. The summed E-state index contributed by atoms with van der Waals surface area (Å²) in [6, 6.07) is 7.84. The molecule has 0 spiro atoms. The third-order valence-electron chi connectivity index (χ3n) is 5.01. The van der Waals surface area contributed by atoms with Crippen LogP contribution in [0.3, 0.4) is 0 Å². The zero-order valence-corrected chi connectivity index (χ0v) is 13.8. The van der Waals surface area contributed by atoms with Gasteiger partial charge in [-0.15, -0.1) is 0 Å². The van der Waals surface area contributed by atoms with Crippen LogP contribution in [0.1, 0.15) is 45.6 Å². The molecule has 1 aromatic carbocycles. The summed E-state index contributed by atoms with van der Waals surface area (Å²) in [4.78, 5) is 2.64. The molecule has 0 aromatic heterocycles. The first-order chi connectivity index (χ1) is 9.99. The molecule has 116 valence electrons. The number of benzene rings is 1. The molecule has 2 saturated heterocycles. The van der Waals surface area contributed by atoms with E-state index in [2.05, 4.69) is 49.2 Å². The molecule has 0 saturated carbocycles. The molecule has 0 aliphatic carbocycles. The van der Waals surface area contributed by atoms with Crippen LogP contribution in [-0.4, -0.2) is 37.2 Å². The number of methoxy groups -OCH3 is 1. The van der Waals surface area contributed by atoms with Gasteiger partial charge in [0.15, 0.2) is 0 Å². The quantitative estimate of drug-likeness (QED) is 0.919. The predicted molar refractivity (Wildman–Crippen MR) is 88.3 cm³/mol. The monoisotopic (exact) mass is 288 g/mol. The summed E-state index contributed by atoms with van der Waals surface area (Å²) in [7, 11) is 1.76. The van der Waals surface area contributed by atoms with Crippen LogP contribution in [0.15, 0.2) is 18.2 Å². The summed E-state index contributed by atoms with van der Waals surface area (Å²) in [5.41, 5.74) is 2.67. The van der Waals surface area contributed by atoms with Gasteiger partial charge in [-0.25, -0.2) is 0 Å². The molecule has 2 aliphatic heterocycles. The fourth-order valence-corrected chi connectivity index (χ4v) is 3.74. The lowest BCUT2D eigenvalue weighted by atomic mass is 9.86. The molecule has 3 rings (SSSR count). The molecule has 2 atom stereocenters. The predicted octanol–water partition coefficient (Wildman–Crippen LogP) is 3.64. The van der Waals surface area contributed by atoms with E-state index in [1.165, 1.54) is 37.9 Å². The highest BCUT2D eigenvalue weighted by Crippen LogP contribution is 2.35. The van der Waals surface area contributed by atoms with Gasteiger partial charge in [0, 0.05) is 18.6 Å². The SMILES string of the molecule is COc1ccc(C(C)(C)C)cc1NC1CCN2CCCC12. The molecule has 21 heavy (non-hydrogen) atoms. The van der Waals surface area contributed by atoms with Crippen LogP contribution in [-0.2, 0) is 5.41 Å². The fourth-order valence-electron chi connectivity index (χ4n) is 3.74. The van der Waals surface area contributed by atoms with Crippen LogP contribution in [0.4, 0.5) is 5.69 Å². The maximum atomic E-state index is 5.56. The summed E-state index contributed by atoms with van der Waals surface area (Å²) in [5, 5.41) is 3.78. The summed E-state index contributed by atoms with van der Waals surface area (Å²) >= 11 is 0. The molecule has 2 aliphatic rings. The zero-order valence-electron chi connectivity index (χ0n) is 13.8. The van der Waals surface area contributed by atoms with Crippen LogP contribution in [0.25, 0.3) is 0 Å². The van der Waals surface area contributed by atoms with Crippen LogP contribution >= 0.6 is 0 Å². The van der Waals surface area contributed by atoms with E-state index in [0.717, 1.165) is 11.4 Å². The Morgan fingerprint density at radius 1 is 1.19 bits per heavy atom. The first-order valence-electron chi connectivity index (χ1n) is 8.18.